The van der Waals surface area contributed by atoms with Crippen LogP contribution in [0.15, 0.2) is 29.2 Å². The summed E-state index contributed by atoms with van der Waals surface area (Å²) in [6, 6.07) is 5.19. The highest BCUT2D eigenvalue weighted by atomic mass is 32.2. The first kappa shape index (κ1) is 15.4. The highest BCUT2D eigenvalue weighted by Crippen LogP contribution is 2.23. The topological polar surface area (TPSA) is 89.3 Å². The minimum Gasteiger partial charge on any atom is -0.325 e. The molecule has 0 aliphatic heterocycles. The molecule has 0 saturated carbocycles. The maximum Gasteiger partial charge on any atom is 0.389 e. The predicted molar refractivity (Wildman–Crippen MR) is 61.7 cm³/mol. The summed E-state index contributed by atoms with van der Waals surface area (Å²) in [6.07, 6.45) is -6.52. The number of hydrogen-bond acceptors (Lipinski definition) is 3. The van der Waals surface area contributed by atoms with E-state index in [-0.39, 0.29) is 10.6 Å². The first-order chi connectivity index (χ1) is 8.59. The number of amides is 1. The lowest BCUT2D eigenvalue weighted by Gasteiger charge is -2.10. The lowest BCUT2D eigenvalue weighted by atomic mass is 10.2. The fourth-order valence-corrected chi connectivity index (χ4v) is 1.98. The Morgan fingerprint density at radius 1 is 1.26 bits per heavy atom. The van der Waals surface area contributed by atoms with Gasteiger partial charge < -0.3 is 5.32 Å². The molecule has 0 unspecified atom stereocenters. The van der Waals surface area contributed by atoms with E-state index in [1.54, 1.807) is 0 Å². The van der Waals surface area contributed by atoms with Crippen LogP contribution < -0.4 is 10.5 Å². The molecular formula is C10H11F3N2O3S. The lowest BCUT2D eigenvalue weighted by molar-refractivity contribution is -0.142. The maximum absolute atomic E-state index is 11.9. The predicted octanol–water partition coefficient (Wildman–Crippen LogP) is 1.61. The van der Waals surface area contributed by atoms with Crippen molar-refractivity contribution in [1.29, 1.82) is 0 Å². The number of benzene rings is 1. The van der Waals surface area contributed by atoms with Gasteiger partial charge in [-0.05, 0) is 12.1 Å². The molecule has 0 aliphatic carbocycles. The van der Waals surface area contributed by atoms with Crippen LogP contribution in [-0.4, -0.2) is 20.5 Å². The van der Waals surface area contributed by atoms with Crippen molar-refractivity contribution in [3.05, 3.63) is 24.3 Å². The number of anilines is 1. The average Bonchev–Trinajstić information content (AvgIpc) is 2.25. The molecule has 1 aromatic rings. The monoisotopic (exact) mass is 296 g/mol. The molecule has 1 aromatic carbocycles. The third-order valence-corrected chi connectivity index (χ3v) is 3.07. The van der Waals surface area contributed by atoms with Crippen molar-refractivity contribution in [3.63, 3.8) is 0 Å². The van der Waals surface area contributed by atoms with Gasteiger partial charge in [0.15, 0.2) is 0 Å². The van der Waals surface area contributed by atoms with Crippen LogP contribution in [0, 0.1) is 0 Å². The highest BCUT2D eigenvalue weighted by molar-refractivity contribution is 7.89. The summed E-state index contributed by atoms with van der Waals surface area (Å²) >= 11 is 0. The van der Waals surface area contributed by atoms with Crippen molar-refractivity contribution >= 4 is 21.6 Å². The van der Waals surface area contributed by atoms with Crippen LogP contribution in [0.5, 0.6) is 0 Å². The van der Waals surface area contributed by atoms with Gasteiger partial charge in [0, 0.05) is 6.42 Å². The molecule has 3 N–H and O–H groups in total. The minimum atomic E-state index is -4.45. The molecule has 106 valence electrons. The summed E-state index contributed by atoms with van der Waals surface area (Å²) in [7, 11) is -4.06. The van der Waals surface area contributed by atoms with E-state index < -0.39 is 34.9 Å². The zero-order chi connectivity index (χ0) is 14.7. The zero-order valence-corrected chi connectivity index (χ0v) is 10.4. The summed E-state index contributed by atoms with van der Waals surface area (Å²) < 4.78 is 58.2. The van der Waals surface area contributed by atoms with Crippen LogP contribution in [0.3, 0.4) is 0 Å². The number of hydrogen-bond donors (Lipinski definition) is 2. The Morgan fingerprint density at radius 2 is 1.84 bits per heavy atom. The SMILES string of the molecule is NS(=O)(=O)c1ccccc1NC(=O)CCC(F)(F)F. The van der Waals surface area contributed by atoms with Gasteiger partial charge in [0.2, 0.25) is 15.9 Å². The van der Waals surface area contributed by atoms with Crippen LogP contribution in [0.25, 0.3) is 0 Å². The molecule has 0 saturated heterocycles. The van der Waals surface area contributed by atoms with Crippen molar-refractivity contribution in [2.24, 2.45) is 5.14 Å². The van der Waals surface area contributed by atoms with Gasteiger partial charge in [-0.1, -0.05) is 12.1 Å². The van der Waals surface area contributed by atoms with Gasteiger partial charge in [0.1, 0.15) is 4.90 Å². The Bertz CT molecular complexity index is 570. The third kappa shape index (κ3) is 5.26. The molecule has 0 atom stereocenters. The third-order valence-electron chi connectivity index (χ3n) is 2.10. The maximum atomic E-state index is 11.9. The molecule has 0 heterocycles. The molecule has 0 fully saturated rings. The van der Waals surface area contributed by atoms with Gasteiger partial charge in [0.05, 0.1) is 12.1 Å². The van der Waals surface area contributed by atoms with Gasteiger partial charge >= 0.3 is 6.18 Å². The lowest BCUT2D eigenvalue weighted by Crippen LogP contribution is -2.20. The van der Waals surface area contributed by atoms with E-state index in [9.17, 15) is 26.4 Å². The van der Waals surface area contributed by atoms with Crippen molar-refractivity contribution in [3.8, 4) is 0 Å². The first-order valence-corrected chi connectivity index (χ1v) is 6.63. The molecule has 1 amide bonds. The van der Waals surface area contributed by atoms with Gasteiger partial charge in [-0.2, -0.15) is 13.2 Å². The van der Waals surface area contributed by atoms with Crippen LogP contribution in [-0.2, 0) is 14.8 Å². The number of para-hydroxylation sites is 1. The van der Waals surface area contributed by atoms with Crippen LogP contribution in [0.1, 0.15) is 12.8 Å². The summed E-state index contributed by atoms with van der Waals surface area (Å²) in [6.45, 7) is 0. The van der Waals surface area contributed by atoms with Crippen LogP contribution >= 0.6 is 0 Å². The van der Waals surface area contributed by atoms with E-state index in [2.05, 4.69) is 5.32 Å². The molecule has 0 aromatic heterocycles. The minimum absolute atomic E-state index is 0.142. The number of carbonyl (C=O) groups is 1. The quantitative estimate of drug-likeness (QED) is 0.884. The number of nitrogens with one attached hydrogen (secondary N) is 1. The summed E-state index contributed by atoms with van der Waals surface area (Å²) in [5, 5.41) is 7.01. The summed E-state index contributed by atoms with van der Waals surface area (Å²) in [4.78, 5) is 10.9. The van der Waals surface area contributed by atoms with E-state index in [1.807, 2.05) is 0 Å². The molecule has 1 rings (SSSR count). The normalized spacial score (nSPS) is 12.2. The average molecular weight is 296 g/mol. The number of primary sulfonamides is 1. The fourth-order valence-electron chi connectivity index (χ4n) is 1.29. The van der Waals surface area contributed by atoms with E-state index in [1.165, 1.54) is 18.2 Å². The number of alkyl halides is 3. The Hall–Kier alpha value is -1.61. The Kier molecular flexibility index (Phi) is 4.53. The summed E-state index contributed by atoms with van der Waals surface area (Å²) in [5.41, 5.74) is -0.142. The Balaban J connectivity index is 2.81. The van der Waals surface area contributed by atoms with Crippen LogP contribution in [0.4, 0.5) is 18.9 Å². The number of sulfonamides is 1. The van der Waals surface area contributed by atoms with Gasteiger partial charge in [0.25, 0.3) is 0 Å². The molecule has 19 heavy (non-hydrogen) atoms. The van der Waals surface area contributed by atoms with Crippen molar-refractivity contribution < 1.29 is 26.4 Å². The van der Waals surface area contributed by atoms with E-state index >= 15 is 0 Å². The highest BCUT2D eigenvalue weighted by Gasteiger charge is 2.28. The summed E-state index contributed by atoms with van der Waals surface area (Å²) in [5.74, 6) is -0.937. The number of rotatable bonds is 4. The van der Waals surface area contributed by atoms with Gasteiger partial charge in [-0.25, -0.2) is 13.6 Å². The van der Waals surface area contributed by atoms with E-state index in [0.29, 0.717) is 0 Å². The van der Waals surface area contributed by atoms with Crippen LogP contribution in [0.2, 0.25) is 0 Å². The number of carbonyl (C=O) groups excluding carboxylic acids is 1. The molecular weight excluding hydrogens is 285 g/mol. The Morgan fingerprint density at radius 3 is 2.37 bits per heavy atom. The van der Waals surface area contributed by atoms with Crippen molar-refractivity contribution in [2.75, 3.05) is 5.32 Å². The second kappa shape index (κ2) is 5.57. The van der Waals surface area contributed by atoms with Gasteiger partial charge in [-0.3, -0.25) is 4.79 Å². The number of nitrogens with two attached hydrogens (primary N) is 1. The molecule has 0 radical (unpaired) electrons. The standard InChI is InChI=1S/C10H11F3N2O3S/c11-10(12,13)6-5-9(16)15-7-3-1-2-4-8(7)19(14,17)18/h1-4H,5-6H2,(H,15,16)(H2,14,17,18). The largest absolute Gasteiger partial charge is 0.389 e. The second-order valence-corrected chi connectivity index (χ2v) is 5.23. The Labute approximate surface area is 107 Å². The fraction of sp³-hybridized carbons (Fsp3) is 0.300. The molecule has 0 bridgehead atoms. The van der Waals surface area contributed by atoms with Gasteiger partial charge in [-0.15, -0.1) is 0 Å². The van der Waals surface area contributed by atoms with E-state index in [4.69, 9.17) is 5.14 Å². The van der Waals surface area contributed by atoms with E-state index in [0.717, 1.165) is 6.07 Å². The second-order valence-electron chi connectivity index (χ2n) is 3.70. The molecule has 5 nitrogen and oxygen atoms in total. The first-order valence-electron chi connectivity index (χ1n) is 5.08. The van der Waals surface area contributed by atoms with Crippen molar-refractivity contribution in [1.82, 2.24) is 0 Å². The smallest absolute Gasteiger partial charge is 0.325 e. The zero-order valence-electron chi connectivity index (χ0n) is 9.57. The molecule has 0 spiro atoms. The van der Waals surface area contributed by atoms with Crippen molar-refractivity contribution in [2.45, 2.75) is 23.9 Å². The molecule has 0 aliphatic rings. The molecule has 9 heteroatoms. The number of halogens is 3.